The van der Waals surface area contributed by atoms with Crippen molar-refractivity contribution in [3.8, 4) is 5.75 Å². The number of likely N-dealkylation sites (N-methyl/N-ethyl adjacent to an activating group) is 2. The SMILES string of the molecule is CC.CC1CCC1.CCNC(=O)CNC(=O)CN(C)C(C)=O.CCc1cccc2c1OC(C)CC2.CNC.Cc1ccccc1. The molecule has 1 aliphatic carbocycles. The van der Waals surface area contributed by atoms with Crippen LogP contribution in [0.15, 0.2) is 48.5 Å². The highest BCUT2D eigenvalue weighted by molar-refractivity contribution is 5.87. The van der Waals surface area contributed by atoms with E-state index in [1.165, 1.54) is 61.2 Å². The first-order valence-electron chi connectivity index (χ1n) is 16.6. The Morgan fingerprint density at radius 3 is 1.89 bits per heavy atom. The van der Waals surface area contributed by atoms with Crippen LogP contribution in [0.25, 0.3) is 0 Å². The van der Waals surface area contributed by atoms with Crippen molar-refractivity contribution in [2.45, 2.75) is 100 Å². The van der Waals surface area contributed by atoms with Crippen molar-refractivity contribution < 1.29 is 19.1 Å². The minimum Gasteiger partial charge on any atom is -0.490 e. The molecule has 1 fully saturated rings. The van der Waals surface area contributed by atoms with Crippen molar-refractivity contribution >= 4 is 17.7 Å². The molecule has 8 nitrogen and oxygen atoms in total. The molecule has 256 valence electrons. The number of fused-ring (bicyclic) bond motifs is 1. The first kappa shape index (κ1) is 43.7. The highest BCUT2D eigenvalue weighted by Crippen LogP contribution is 2.31. The summed E-state index contributed by atoms with van der Waals surface area (Å²) < 4.78 is 5.85. The molecule has 0 aromatic heterocycles. The third kappa shape index (κ3) is 22.7. The quantitative estimate of drug-likeness (QED) is 0.347. The number of hydrogen-bond donors (Lipinski definition) is 3. The number of benzene rings is 2. The summed E-state index contributed by atoms with van der Waals surface area (Å²) in [7, 11) is 5.27. The summed E-state index contributed by atoms with van der Waals surface area (Å²) in [4.78, 5) is 34.2. The Kier molecular flexibility index (Phi) is 27.3. The van der Waals surface area contributed by atoms with Gasteiger partial charge in [-0.1, -0.05) is 101 Å². The Balaban J connectivity index is 0. The number of rotatable bonds is 6. The molecule has 0 radical (unpaired) electrons. The lowest BCUT2D eigenvalue weighted by Gasteiger charge is -2.25. The van der Waals surface area contributed by atoms with Crippen molar-refractivity contribution in [1.82, 2.24) is 20.9 Å². The van der Waals surface area contributed by atoms with E-state index >= 15 is 0 Å². The zero-order valence-corrected chi connectivity index (χ0v) is 30.2. The van der Waals surface area contributed by atoms with Gasteiger partial charge in [0.15, 0.2) is 0 Å². The molecule has 4 rings (SSSR count). The van der Waals surface area contributed by atoms with Gasteiger partial charge >= 0.3 is 0 Å². The van der Waals surface area contributed by atoms with Crippen LogP contribution in [0.2, 0.25) is 0 Å². The topological polar surface area (TPSA) is 99.8 Å². The van der Waals surface area contributed by atoms with E-state index in [0.29, 0.717) is 12.6 Å². The molecule has 3 N–H and O–H groups in total. The van der Waals surface area contributed by atoms with E-state index in [4.69, 9.17) is 4.74 Å². The molecule has 0 spiro atoms. The second-order valence-electron chi connectivity index (χ2n) is 11.0. The van der Waals surface area contributed by atoms with Crippen LogP contribution in [-0.4, -0.2) is 69.5 Å². The summed E-state index contributed by atoms with van der Waals surface area (Å²) >= 11 is 0. The van der Waals surface area contributed by atoms with Gasteiger partial charge < -0.3 is 25.6 Å². The molecule has 0 saturated heterocycles. The fourth-order valence-corrected chi connectivity index (χ4v) is 3.85. The lowest BCUT2D eigenvalue weighted by molar-refractivity contribution is -0.133. The Morgan fingerprint density at radius 1 is 0.889 bits per heavy atom. The third-order valence-electron chi connectivity index (χ3n) is 6.77. The number of ether oxygens (including phenoxy) is 1. The Hall–Kier alpha value is -3.39. The number of aryl methyl sites for hydroxylation is 3. The Bertz CT molecular complexity index is 1030. The largest absolute Gasteiger partial charge is 0.490 e. The maximum absolute atomic E-state index is 11.2. The molecule has 45 heavy (non-hydrogen) atoms. The van der Waals surface area contributed by atoms with Gasteiger partial charge in [0.05, 0.1) is 19.2 Å². The fraction of sp³-hybridized carbons (Fsp3) is 0.595. The van der Waals surface area contributed by atoms with E-state index in [9.17, 15) is 14.4 Å². The van der Waals surface area contributed by atoms with Crippen molar-refractivity contribution in [3.05, 3.63) is 65.2 Å². The predicted molar refractivity (Wildman–Crippen MR) is 190 cm³/mol. The molecular formula is C37H64N4O4. The summed E-state index contributed by atoms with van der Waals surface area (Å²) in [6.45, 7) is 16.3. The van der Waals surface area contributed by atoms with E-state index in [2.05, 4.69) is 74.0 Å². The normalized spacial score (nSPS) is 13.8. The highest BCUT2D eigenvalue weighted by atomic mass is 16.5. The van der Waals surface area contributed by atoms with Gasteiger partial charge in [-0.2, -0.15) is 0 Å². The molecular weight excluding hydrogens is 564 g/mol. The zero-order valence-electron chi connectivity index (χ0n) is 30.2. The van der Waals surface area contributed by atoms with Crippen LogP contribution in [-0.2, 0) is 27.2 Å². The smallest absolute Gasteiger partial charge is 0.240 e. The van der Waals surface area contributed by atoms with Crippen LogP contribution in [0, 0.1) is 12.8 Å². The molecule has 1 unspecified atom stereocenters. The summed E-state index contributed by atoms with van der Waals surface area (Å²) in [5.74, 6) is 1.44. The second kappa shape index (κ2) is 28.1. The second-order valence-corrected chi connectivity index (χ2v) is 11.0. The van der Waals surface area contributed by atoms with E-state index in [1.807, 2.05) is 46.1 Å². The molecule has 2 aromatic rings. The van der Waals surface area contributed by atoms with Gasteiger partial charge in [-0.25, -0.2) is 0 Å². The van der Waals surface area contributed by atoms with Crippen molar-refractivity contribution in [2.75, 3.05) is 40.8 Å². The number of nitrogens with one attached hydrogen (secondary N) is 3. The molecule has 3 amide bonds. The molecule has 1 heterocycles. The zero-order chi connectivity index (χ0) is 34.6. The van der Waals surface area contributed by atoms with Gasteiger partial charge in [0.2, 0.25) is 17.7 Å². The van der Waals surface area contributed by atoms with Gasteiger partial charge in [-0.15, -0.1) is 0 Å². The molecule has 1 saturated carbocycles. The lowest BCUT2D eigenvalue weighted by atomic mass is 9.88. The first-order valence-corrected chi connectivity index (χ1v) is 16.6. The molecule has 8 heteroatoms. The average Bonchev–Trinajstić information content (AvgIpc) is 3.01. The molecule has 1 aliphatic heterocycles. The summed E-state index contributed by atoms with van der Waals surface area (Å²) in [6, 6.07) is 16.7. The van der Waals surface area contributed by atoms with Crippen LogP contribution in [0.5, 0.6) is 5.75 Å². The Morgan fingerprint density at radius 2 is 1.47 bits per heavy atom. The highest BCUT2D eigenvalue weighted by Gasteiger charge is 2.17. The van der Waals surface area contributed by atoms with Gasteiger partial charge in [0.25, 0.3) is 0 Å². The van der Waals surface area contributed by atoms with E-state index < -0.39 is 0 Å². The standard InChI is InChI=1S/C12H16O.C9H17N3O3.C7H8.C5H10.C2H7N.C2H6/c1-3-10-5-4-6-11-8-7-9(2)13-12(10)11;1-4-10-8(14)5-11-9(15)6-12(3)7(2)13;1-7-5-3-2-4-6-7;1-5-3-2-4-5;1-3-2;1-2/h4-6,9H,3,7-8H2,1-2H3;4-6H2,1-3H3,(H,10,14)(H,11,15);2-6H,1H3;5H,2-4H2,1H3;3H,1-2H3;1-2H3. The van der Waals surface area contributed by atoms with E-state index in [-0.39, 0.29) is 30.8 Å². The van der Waals surface area contributed by atoms with E-state index in [1.54, 1.807) is 6.92 Å². The number of amides is 3. The van der Waals surface area contributed by atoms with Gasteiger partial charge in [-0.3, -0.25) is 14.4 Å². The maximum atomic E-state index is 11.2. The van der Waals surface area contributed by atoms with Crippen LogP contribution in [0.3, 0.4) is 0 Å². The third-order valence-corrected chi connectivity index (χ3v) is 6.77. The predicted octanol–water partition coefficient (Wildman–Crippen LogP) is 6.34. The number of carbonyl (C=O) groups is 3. The van der Waals surface area contributed by atoms with Crippen molar-refractivity contribution in [1.29, 1.82) is 0 Å². The van der Waals surface area contributed by atoms with E-state index in [0.717, 1.165) is 24.5 Å². The minimum absolute atomic E-state index is 0.0330. The van der Waals surface area contributed by atoms with Crippen LogP contribution >= 0.6 is 0 Å². The number of hydrogen-bond acceptors (Lipinski definition) is 5. The Labute approximate surface area is 275 Å². The van der Waals surface area contributed by atoms with Gasteiger partial charge in [0, 0.05) is 20.5 Å². The molecule has 1 atom stereocenters. The lowest BCUT2D eigenvalue weighted by Crippen LogP contribution is -2.42. The average molecular weight is 629 g/mol. The number of carbonyl (C=O) groups excluding carboxylic acids is 3. The summed E-state index contributed by atoms with van der Waals surface area (Å²) in [6.07, 6.45) is 8.24. The summed E-state index contributed by atoms with van der Waals surface area (Å²) in [5, 5.41) is 7.70. The maximum Gasteiger partial charge on any atom is 0.240 e. The number of para-hydroxylation sites is 1. The summed E-state index contributed by atoms with van der Waals surface area (Å²) in [5.41, 5.74) is 4.06. The van der Waals surface area contributed by atoms with Gasteiger partial charge in [0.1, 0.15) is 5.75 Å². The molecule has 0 bridgehead atoms. The fourth-order valence-electron chi connectivity index (χ4n) is 3.85. The number of nitrogens with zero attached hydrogens (tertiary/aromatic N) is 1. The van der Waals surface area contributed by atoms with Crippen LogP contribution in [0.1, 0.15) is 90.8 Å². The van der Waals surface area contributed by atoms with Crippen LogP contribution in [0.4, 0.5) is 0 Å². The monoisotopic (exact) mass is 628 g/mol. The first-order chi connectivity index (χ1) is 21.5. The molecule has 2 aromatic carbocycles. The van der Waals surface area contributed by atoms with Crippen molar-refractivity contribution in [2.24, 2.45) is 5.92 Å². The van der Waals surface area contributed by atoms with Crippen molar-refractivity contribution in [3.63, 3.8) is 0 Å². The van der Waals surface area contributed by atoms with Gasteiger partial charge in [-0.05, 0) is 71.2 Å². The van der Waals surface area contributed by atoms with Crippen LogP contribution < -0.4 is 20.7 Å². The molecule has 2 aliphatic rings. The minimum atomic E-state index is -0.348.